The molecular weight excluding hydrogens is 300 g/mol. The maximum atomic E-state index is 12.8. The second-order valence-corrected chi connectivity index (χ2v) is 6.38. The molecule has 24 heavy (non-hydrogen) atoms. The van der Waals surface area contributed by atoms with Gasteiger partial charge in [-0.15, -0.1) is 0 Å². The van der Waals surface area contributed by atoms with Crippen molar-refractivity contribution >= 4 is 17.5 Å². The molecule has 0 spiro atoms. The highest BCUT2D eigenvalue weighted by atomic mass is 16.2. The van der Waals surface area contributed by atoms with E-state index >= 15 is 0 Å². The van der Waals surface area contributed by atoms with Crippen molar-refractivity contribution in [1.29, 1.82) is 0 Å². The van der Waals surface area contributed by atoms with Gasteiger partial charge in [0.2, 0.25) is 5.91 Å². The molecule has 1 saturated heterocycles. The number of nitrogens with one attached hydrogen (secondary N) is 1. The summed E-state index contributed by atoms with van der Waals surface area (Å²) in [5.74, 6) is -0.183. The monoisotopic (exact) mass is 322 g/mol. The summed E-state index contributed by atoms with van der Waals surface area (Å²) in [6.07, 6.45) is 1.55. The SMILES string of the molecule is Cc1ccc(NC(=O)[C@@H]2CCCN2C(=O)c2cccc(C)c2)cc1. The van der Waals surface area contributed by atoms with E-state index in [0.29, 0.717) is 18.5 Å². The molecule has 0 saturated carbocycles. The van der Waals surface area contributed by atoms with Crippen molar-refractivity contribution in [3.8, 4) is 0 Å². The third-order valence-electron chi connectivity index (χ3n) is 4.40. The van der Waals surface area contributed by atoms with Crippen molar-refractivity contribution in [3.05, 3.63) is 65.2 Å². The summed E-state index contributed by atoms with van der Waals surface area (Å²) in [4.78, 5) is 27.1. The van der Waals surface area contributed by atoms with Crippen LogP contribution in [0.4, 0.5) is 5.69 Å². The molecule has 2 aromatic carbocycles. The zero-order chi connectivity index (χ0) is 17.1. The standard InChI is InChI=1S/C20H22N2O2/c1-14-8-10-17(11-9-14)21-19(23)18-7-4-12-22(18)20(24)16-6-3-5-15(2)13-16/h3,5-6,8-11,13,18H,4,7,12H2,1-2H3,(H,21,23)/t18-/m0/s1. The Balaban J connectivity index is 1.73. The number of nitrogens with zero attached hydrogens (tertiary/aromatic N) is 1. The molecule has 2 aromatic rings. The van der Waals surface area contributed by atoms with E-state index < -0.39 is 6.04 Å². The van der Waals surface area contributed by atoms with Gasteiger partial charge >= 0.3 is 0 Å². The fourth-order valence-electron chi connectivity index (χ4n) is 3.09. The fraction of sp³-hybridized carbons (Fsp3) is 0.300. The number of aryl methyl sites for hydroxylation is 2. The third kappa shape index (κ3) is 3.48. The van der Waals surface area contributed by atoms with Crippen LogP contribution in [0.5, 0.6) is 0 Å². The molecule has 1 fully saturated rings. The predicted molar refractivity (Wildman–Crippen MR) is 95.0 cm³/mol. The zero-order valence-corrected chi connectivity index (χ0v) is 14.1. The van der Waals surface area contributed by atoms with Gasteiger partial charge in [0.15, 0.2) is 0 Å². The molecule has 4 nitrogen and oxygen atoms in total. The molecule has 1 heterocycles. The second kappa shape index (κ2) is 6.87. The van der Waals surface area contributed by atoms with Crippen molar-refractivity contribution in [2.45, 2.75) is 32.7 Å². The van der Waals surface area contributed by atoms with Gasteiger partial charge < -0.3 is 10.2 Å². The van der Waals surface area contributed by atoms with Crippen molar-refractivity contribution in [2.75, 3.05) is 11.9 Å². The Morgan fingerprint density at radius 3 is 2.50 bits per heavy atom. The maximum Gasteiger partial charge on any atom is 0.254 e. The highest BCUT2D eigenvalue weighted by Gasteiger charge is 2.34. The number of hydrogen-bond acceptors (Lipinski definition) is 2. The Kier molecular flexibility index (Phi) is 4.65. The number of likely N-dealkylation sites (tertiary alicyclic amines) is 1. The van der Waals surface area contributed by atoms with Crippen LogP contribution in [0.2, 0.25) is 0 Å². The van der Waals surface area contributed by atoms with E-state index in [9.17, 15) is 9.59 Å². The summed E-state index contributed by atoms with van der Waals surface area (Å²) in [5, 5.41) is 2.93. The van der Waals surface area contributed by atoms with Crippen LogP contribution in [-0.2, 0) is 4.79 Å². The molecule has 1 aliphatic rings. The lowest BCUT2D eigenvalue weighted by atomic mass is 10.1. The summed E-state index contributed by atoms with van der Waals surface area (Å²) in [5.41, 5.74) is 3.59. The molecule has 0 unspecified atom stereocenters. The van der Waals surface area contributed by atoms with Crippen molar-refractivity contribution in [2.24, 2.45) is 0 Å². The van der Waals surface area contributed by atoms with Gasteiger partial charge in [-0.2, -0.15) is 0 Å². The van der Waals surface area contributed by atoms with Crippen LogP contribution < -0.4 is 5.32 Å². The first kappa shape index (κ1) is 16.2. The number of amides is 2. The summed E-state index contributed by atoms with van der Waals surface area (Å²) in [6.45, 7) is 4.59. The van der Waals surface area contributed by atoms with Gasteiger partial charge in [-0.25, -0.2) is 0 Å². The van der Waals surface area contributed by atoms with Gasteiger partial charge in [0.05, 0.1) is 0 Å². The van der Waals surface area contributed by atoms with Crippen LogP contribution in [0.15, 0.2) is 48.5 Å². The Bertz CT molecular complexity index is 752. The number of benzene rings is 2. The molecule has 3 rings (SSSR count). The zero-order valence-electron chi connectivity index (χ0n) is 14.1. The average Bonchev–Trinajstić information content (AvgIpc) is 3.06. The lowest BCUT2D eigenvalue weighted by molar-refractivity contribution is -0.119. The predicted octanol–water partition coefficient (Wildman–Crippen LogP) is 3.55. The van der Waals surface area contributed by atoms with Gasteiger partial charge in [0.1, 0.15) is 6.04 Å². The van der Waals surface area contributed by atoms with Gasteiger partial charge in [-0.3, -0.25) is 9.59 Å². The van der Waals surface area contributed by atoms with E-state index in [1.54, 1.807) is 4.90 Å². The van der Waals surface area contributed by atoms with E-state index in [0.717, 1.165) is 23.2 Å². The van der Waals surface area contributed by atoms with Gasteiger partial charge in [0.25, 0.3) is 5.91 Å². The summed E-state index contributed by atoms with van der Waals surface area (Å²) < 4.78 is 0. The number of carbonyl (C=O) groups is 2. The van der Waals surface area contributed by atoms with Crippen LogP contribution in [0.25, 0.3) is 0 Å². The van der Waals surface area contributed by atoms with E-state index in [2.05, 4.69) is 5.32 Å². The van der Waals surface area contributed by atoms with E-state index in [-0.39, 0.29) is 11.8 Å². The first-order valence-electron chi connectivity index (χ1n) is 8.30. The highest BCUT2D eigenvalue weighted by molar-refractivity contribution is 6.01. The molecule has 1 atom stereocenters. The van der Waals surface area contributed by atoms with Gasteiger partial charge in [-0.05, 0) is 51.0 Å². The van der Waals surface area contributed by atoms with Crippen LogP contribution >= 0.6 is 0 Å². The largest absolute Gasteiger partial charge is 0.327 e. The number of hydrogen-bond donors (Lipinski definition) is 1. The minimum Gasteiger partial charge on any atom is -0.327 e. The Hall–Kier alpha value is -2.62. The first-order valence-corrected chi connectivity index (χ1v) is 8.30. The molecule has 4 heteroatoms. The molecule has 0 aliphatic carbocycles. The average molecular weight is 322 g/mol. The molecular formula is C20H22N2O2. The maximum absolute atomic E-state index is 12.8. The summed E-state index contributed by atoms with van der Waals surface area (Å²) >= 11 is 0. The number of carbonyl (C=O) groups excluding carboxylic acids is 2. The van der Waals surface area contributed by atoms with Crippen LogP contribution in [-0.4, -0.2) is 29.3 Å². The molecule has 0 bridgehead atoms. The minimum absolute atomic E-state index is 0.0692. The second-order valence-electron chi connectivity index (χ2n) is 6.38. The Morgan fingerprint density at radius 2 is 1.79 bits per heavy atom. The molecule has 0 aromatic heterocycles. The van der Waals surface area contributed by atoms with Crippen molar-refractivity contribution in [1.82, 2.24) is 4.90 Å². The van der Waals surface area contributed by atoms with Gasteiger partial charge in [-0.1, -0.05) is 35.4 Å². The molecule has 2 amide bonds. The van der Waals surface area contributed by atoms with Crippen molar-refractivity contribution in [3.63, 3.8) is 0 Å². The fourth-order valence-corrected chi connectivity index (χ4v) is 3.09. The highest BCUT2D eigenvalue weighted by Crippen LogP contribution is 2.22. The topological polar surface area (TPSA) is 49.4 Å². The Morgan fingerprint density at radius 1 is 1.04 bits per heavy atom. The normalized spacial score (nSPS) is 16.9. The van der Waals surface area contributed by atoms with Crippen LogP contribution in [0, 0.1) is 13.8 Å². The van der Waals surface area contributed by atoms with Crippen LogP contribution in [0.1, 0.15) is 34.3 Å². The quantitative estimate of drug-likeness (QED) is 0.939. The lowest BCUT2D eigenvalue weighted by Crippen LogP contribution is -2.43. The van der Waals surface area contributed by atoms with Gasteiger partial charge in [0, 0.05) is 17.8 Å². The molecule has 124 valence electrons. The van der Waals surface area contributed by atoms with E-state index in [1.165, 1.54) is 0 Å². The molecule has 0 radical (unpaired) electrons. The minimum atomic E-state index is -0.403. The van der Waals surface area contributed by atoms with Crippen molar-refractivity contribution < 1.29 is 9.59 Å². The first-order chi connectivity index (χ1) is 11.5. The smallest absolute Gasteiger partial charge is 0.254 e. The molecule has 1 N–H and O–H groups in total. The van der Waals surface area contributed by atoms with E-state index in [4.69, 9.17) is 0 Å². The van der Waals surface area contributed by atoms with Crippen LogP contribution in [0.3, 0.4) is 0 Å². The lowest BCUT2D eigenvalue weighted by Gasteiger charge is -2.24. The number of rotatable bonds is 3. The number of anilines is 1. The third-order valence-corrected chi connectivity index (χ3v) is 4.40. The Labute approximate surface area is 142 Å². The van der Waals surface area contributed by atoms with E-state index in [1.807, 2.05) is 62.4 Å². The molecule has 1 aliphatic heterocycles. The summed E-state index contributed by atoms with van der Waals surface area (Å²) in [7, 11) is 0. The summed E-state index contributed by atoms with van der Waals surface area (Å²) in [6, 6.07) is 14.8.